The van der Waals surface area contributed by atoms with Crippen LogP contribution in [0.2, 0.25) is 0 Å². The Morgan fingerprint density at radius 2 is 1.44 bits per heavy atom. The van der Waals surface area contributed by atoms with Crippen LogP contribution in [0, 0.1) is 0 Å². The molecule has 2 aromatic rings. The van der Waals surface area contributed by atoms with Crippen LogP contribution in [0.25, 0.3) is 11.1 Å². The summed E-state index contributed by atoms with van der Waals surface area (Å²) in [6.45, 7) is 0. The van der Waals surface area contributed by atoms with E-state index in [0.29, 0.717) is 6.42 Å². The summed E-state index contributed by atoms with van der Waals surface area (Å²) in [5.74, 6) is -0.790. The zero-order valence-electron chi connectivity index (χ0n) is 9.80. The van der Waals surface area contributed by atoms with Crippen molar-refractivity contribution in [2.24, 2.45) is 0 Å². The van der Waals surface area contributed by atoms with Crippen molar-refractivity contribution in [3.8, 4) is 16.9 Å². The molecule has 0 aliphatic carbocycles. The van der Waals surface area contributed by atoms with Gasteiger partial charge in [-0.25, -0.2) is 0 Å². The van der Waals surface area contributed by atoms with Gasteiger partial charge < -0.3 is 15.0 Å². The molecule has 0 aliphatic rings. The van der Waals surface area contributed by atoms with Crippen LogP contribution in [0.3, 0.4) is 0 Å². The number of carboxylic acids is 1. The molecule has 0 bridgehead atoms. The van der Waals surface area contributed by atoms with E-state index in [1.807, 2.05) is 36.4 Å². The number of rotatable bonds is 4. The van der Waals surface area contributed by atoms with Gasteiger partial charge in [0.25, 0.3) is 0 Å². The number of aromatic hydroxyl groups is 1. The Kier molecular flexibility index (Phi) is 3.63. The smallest absolute Gasteiger partial charge is 0.115 e. The standard InChI is InChI=1S/C15H14O3/c16-14-8-6-13(7-9-14)12-4-1-11(2-5-12)3-10-15(17)18/h1-2,4-9,16H,3,10H2,(H,17,18)/p-1. The topological polar surface area (TPSA) is 60.4 Å². The van der Waals surface area contributed by atoms with Gasteiger partial charge in [0.15, 0.2) is 0 Å². The van der Waals surface area contributed by atoms with Gasteiger partial charge in [0.2, 0.25) is 0 Å². The molecular formula is C15H13O3-. The summed E-state index contributed by atoms with van der Waals surface area (Å²) in [4.78, 5) is 10.4. The number of hydrogen-bond acceptors (Lipinski definition) is 3. The monoisotopic (exact) mass is 241 g/mol. The fourth-order valence-electron chi connectivity index (χ4n) is 1.76. The first-order valence-corrected chi connectivity index (χ1v) is 5.73. The third kappa shape index (κ3) is 3.10. The van der Waals surface area contributed by atoms with Crippen molar-refractivity contribution in [1.82, 2.24) is 0 Å². The van der Waals surface area contributed by atoms with Crippen molar-refractivity contribution >= 4 is 5.97 Å². The highest BCUT2D eigenvalue weighted by Gasteiger charge is 1.99. The van der Waals surface area contributed by atoms with E-state index in [4.69, 9.17) is 0 Å². The molecule has 0 atom stereocenters. The number of aryl methyl sites for hydroxylation is 1. The summed E-state index contributed by atoms with van der Waals surface area (Å²) in [5, 5.41) is 19.6. The molecule has 0 aromatic heterocycles. The molecule has 0 aliphatic heterocycles. The molecule has 0 saturated heterocycles. The zero-order valence-corrected chi connectivity index (χ0v) is 9.80. The Hall–Kier alpha value is -2.29. The van der Waals surface area contributed by atoms with Gasteiger partial charge in [0.05, 0.1) is 0 Å². The third-order valence-electron chi connectivity index (χ3n) is 2.77. The summed E-state index contributed by atoms with van der Waals surface area (Å²) in [5.41, 5.74) is 3.02. The first kappa shape index (κ1) is 12.2. The van der Waals surface area contributed by atoms with E-state index >= 15 is 0 Å². The SMILES string of the molecule is O=C([O-])CCc1ccc(-c2ccc(O)cc2)cc1. The van der Waals surface area contributed by atoms with Gasteiger partial charge in [-0.15, -0.1) is 0 Å². The third-order valence-corrected chi connectivity index (χ3v) is 2.77. The summed E-state index contributed by atoms with van der Waals surface area (Å²) in [6.07, 6.45) is 0.525. The quantitative estimate of drug-likeness (QED) is 0.887. The molecule has 0 radical (unpaired) electrons. The predicted molar refractivity (Wildman–Crippen MR) is 66.9 cm³/mol. The number of phenolic OH excluding ortho intramolecular Hbond substituents is 1. The first-order chi connectivity index (χ1) is 8.65. The van der Waals surface area contributed by atoms with E-state index in [0.717, 1.165) is 16.7 Å². The van der Waals surface area contributed by atoms with Gasteiger partial charge in [0.1, 0.15) is 5.75 Å². The Morgan fingerprint density at radius 1 is 0.944 bits per heavy atom. The van der Waals surface area contributed by atoms with Crippen molar-refractivity contribution in [2.75, 3.05) is 0 Å². The average molecular weight is 241 g/mol. The van der Waals surface area contributed by atoms with Crippen LogP contribution in [0.15, 0.2) is 48.5 Å². The lowest BCUT2D eigenvalue weighted by Crippen LogP contribution is -2.22. The molecular weight excluding hydrogens is 228 g/mol. The van der Waals surface area contributed by atoms with Gasteiger partial charge in [-0.1, -0.05) is 36.4 Å². The Balaban J connectivity index is 2.12. The molecule has 0 saturated carbocycles. The minimum Gasteiger partial charge on any atom is -0.550 e. The van der Waals surface area contributed by atoms with E-state index in [9.17, 15) is 15.0 Å². The predicted octanol–water partition coefficient (Wildman–Crippen LogP) is 1.74. The van der Waals surface area contributed by atoms with Crippen molar-refractivity contribution in [3.63, 3.8) is 0 Å². The van der Waals surface area contributed by atoms with E-state index in [2.05, 4.69) is 0 Å². The second-order valence-electron chi connectivity index (χ2n) is 4.12. The molecule has 0 heterocycles. The largest absolute Gasteiger partial charge is 0.550 e. The molecule has 2 rings (SSSR count). The lowest BCUT2D eigenvalue weighted by atomic mass is 10.0. The van der Waals surface area contributed by atoms with E-state index in [1.54, 1.807) is 12.1 Å². The average Bonchev–Trinajstić information content (AvgIpc) is 2.38. The number of phenols is 1. The van der Waals surface area contributed by atoms with Crippen LogP contribution in [0.4, 0.5) is 0 Å². The molecule has 0 spiro atoms. The molecule has 3 heteroatoms. The minimum absolute atomic E-state index is 0.0402. The normalized spacial score (nSPS) is 10.2. The lowest BCUT2D eigenvalue weighted by molar-refractivity contribution is -0.305. The van der Waals surface area contributed by atoms with Crippen molar-refractivity contribution in [1.29, 1.82) is 0 Å². The van der Waals surface area contributed by atoms with E-state index in [1.165, 1.54) is 0 Å². The fraction of sp³-hybridized carbons (Fsp3) is 0.133. The van der Waals surface area contributed by atoms with Crippen molar-refractivity contribution < 1.29 is 15.0 Å². The van der Waals surface area contributed by atoms with Crippen LogP contribution >= 0.6 is 0 Å². The Bertz CT molecular complexity index is 527. The maximum Gasteiger partial charge on any atom is 0.115 e. The van der Waals surface area contributed by atoms with Gasteiger partial charge in [-0.2, -0.15) is 0 Å². The second-order valence-corrected chi connectivity index (χ2v) is 4.12. The summed E-state index contributed by atoms with van der Waals surface area (Å²) in [6, 6.07) is 14.7. The fourth-order valence-corrected chi connectivity index (χ4v) is 1.76. The molecule has 0 fully saturated rings. The highest BCUT2D eigenvalue weighted by Crippen LogP contribution is 2.22. The first-order valence-electron chi connectivity index (χ1n) is 5.73. The number of carbonyl (C=O) groups excluding carboxylic acids is 1. The molecule has 3 nitrogen and oxygen atoms in total. The van der Waals surface area contributed by atoms with Crippen LogP contribution in [0.5, 0.6) is 5.75 Å². The number of carboxylic acid groups (broad SMARTS) is 1. The Labute approximate surface area is 105 Å². The zero-order chi connectivity index (χ0) is 13.0. The maximum absolute atomic E-state index is 10.4. The van der Waals surface area contributed by atoms with Crippen molar-refractivity contribution in [2.45, 2.75) is 12.8 Å². The van der Waals surface area contributed by atoms with Crippen LogP contribution in [-0.4, -0.2) is 11.1 Å². The van der Waals surface area contributed by atoms with E-state index in [-0.39, 0.29) is 12.2 Å². The Morgan fingerprint density at radius 3 is 1.94 bits per heavy atom. The molecule has 92 valence electrons. The molecule has 0 unspecified atom stereocenters. The second kappa shape index (κ2) is 5.36. The van der Waals surface area contributed by atoms with Gasteiger partial charge in [-0.05, 0) is 41.7 Å². The molecule has 2 aromatic carbocycles. The van der Waals surface area contributed by atoms with Crippen LogP contribution in [-0.2, 0) is 11.2 Å². The van der Waals surface area contributed by atoms with E-state index < -0.39 is 5.97 Å². The maximum atomic E-state index is 10.4. The molecule has 18 heavy (non-hydrogen) atoms. The van der Waals surface area contributed by atoms with Crippen molar-refractivity contribution in [3.05, 3.63) is 54.1 Å². The minimum atomic E-state index is -1.03. The van der Waals surface area contributed by atoms with Crippen LogP contribution < -0.4 is 5.11 Å². The lowest BCUT2D eigenvalue weighted by Gasteiger charge is -2.05. The molecule has 1 N–H and O–H groups in total. The highest BCUT2D eigenvalue weighted by molar-refractivity contribution is 5.66. The van der Waals surface area contributed by atoms with Crippen LogP contribution in [0.1, 0.15) is 12.0 Å². The molecule has 0 amide bonds. The number of hydrogen-bond donors (Lipinski definition) is 1. The number of carbonyl (C=O) groups is 1. The number of benzene rings is 2. The van der Waals surface area contributed by atoms with Gasteiger partial charge in [0, 0.05) is 5.97 Å². The summed E-state index contributed by atoms with van der Waals surface area (Å²) < 4.78 is 0. The van der Waals surface area contributed by atoms with Gasteiger partial charge >= 0.3 is 0 Å². The summed E-state index contributed by atoms with van der Waals surface area (Å²) in [7, 11) is 0. The van der Waals surface area contributed by atoms with Gasteiger partial charge in [-0.3, -0.25) is 0 Å². The number of aliphatic carboxylic acids is 1. The summed E-state index contributed by atoms with van der Waals surface area (Å²) >= 11 is 0. The highest BCUT2D eigenvalue weighted by atomic mass is 16.4.